The van der Waals surface area contributed by atoms with Crippen LogP contribution in [0, 0.1) is 0 Å². The van der Waals surface area contributed by atoms with Crippen molar-refractivity contribution in [1.29, 1.82) is 0 Å². The Morgan fingerprint density at radius 2 is 2.04 bits per heavy atom. The number of hydrogen-bond acceptors (Lipinski definition) is 6. The number of nitrogens with zero attached hydrogens (tertiary/aromatic N) is 4. The summed E-state index contributed by atoms with van der Waals surface area (Å²) in [5.74, 6) is 3.50. The van der Waals surface area contributed by atoms with Gasteiger partial charge in [0.15, 0.2) is 11.5 Å². The maximum absolute atomic E-state index is 9.93. The Bertz CT molecular complexity index is 743. The van der Waals surface area contributed by atoms with Gasteiger partial charge in [-0.2, -0.15) is 0 Å². The van der Waals surface area contributed by atoms with Crippen LogP contribution in [0.2, 0.25) is 0 Å². The minimum absolute atomic E-state index is 0. The molecule has 1 fully saturated rings. The topological polar surface area (TPSA) is 75.4 Å². The Balaban J connectivity index is 0.00000196. The van der Waals surface area contributed by atoms with Crippen molar-refractivity contribution < 1.29 is 9.84 Å². The normalized spacial score (nSPS) is 18.2. The van der Waals surface area contributed by atoms with E-state index in [2.05, 4.69) is 25.0 Å². The number of ether oxygens (including phenoxy) is 1. The van der Waals surface area contributed by atoms with Crippen molar-refractivity contribution in [2.75, 3.05) is 26.7 Å². The molecule has 2 aromatic rings. The third-order valence-electron chi connectivity index (χ3n) is 5.28. The molecule has 2 N–H and O–H groups in total. The highest BCUT2D eigenvalue weighted by molar-refractivity contribution is 5.85. The van der Waals surface area contributed by atoms with E-state index in [4.69, 9.17) is 4.74 Å². The minimum atomic E-state index is 0. The standard InChI is InChI=1S/C18H25N5O2.ClH/c1-25-17-14(3-2-4-15(17)24)12-22-8-5-13(6-9-22)18-21-20-16-11-19-7-10-23(16)18;/h2-4,13,19,24H,5-12H2,1H3;1H. The van der Waals surface area contributed by atoms with Gasteiger partial charge in [0.1, 0.15) is 11.6 Å². The number of hydrogen-bond donors (Lipinski definition) is 2. The van der Waals surface area contributed by atoms with E-state index in [1.54, 1.807) is 13.2 Å². The van der Waals surface area contributed by atoms with Crippen LogP contribution in [0.1, 0.15) is 36.0 Å². The van der Waals surface area contributed by atoms with Crippen molar-refractivity contribution in [1.82, 2.24) is 25.0 Å². The lowest BCUT2D eigenvalue weighted by Crippen LogP contribution is -2.34. The van der Waals surface area contributed by atoms with Crippen LogP contribution in [-0.4, -0.2) is 51.5 Å². The summed E-state index contributed by atoms with van der Waals surface area (Å²) in [5, 5.41) is 22.1. The van der Waals surface area contributed by atoms with Gasteiger partial charge in [-0.05, 0) is 32.0 Å². The fraction of sp³-hybridized carbons (Fsp3) is 0.556. The lowest BCUT2D eigenvalue weighted by molar-refractivity contribution is 0.197. The number of fused-ring (bicyclic) bond motifs is 1. The van der Waals surface area contributed by atoms with Crippen LogP contribution in [0.4, 0.5) is 0 Å². The van der Waals surface area contributed by atoms with Crippen LogP contribution < -0.4 is 10.1 Å². The zero-order valence-corrected chi connectivity index (χ0v) is 15.8. The highest BCUT2D eigenvalue weighted by Crippen LogP contribution is 2.33. The molecule has 1 saturated heterocycles. The van der Waals surface area contributed by atoms with E-state index < -0.39 is 0 Å². The van der Waals surface area contributed by atoms with Crippen LogP contribution in [-0.2, 0) is 19.6 Å². The van der Waals surface area contributed by atoms with E-state index in [1.807, 2.05) is 12.1 Å². The van der Waals surface area contributed by atoms with Gasteiger partial charge in [0.05, 0.1) is 13.7 Å². The average molecular weight is 380 g/mol. The van der Waals surface area contributed by atoms with E-state index >= 15 is 0 Å². The fourth-order valence-corrected chi connectivity index (χ4v) is 3.94. The van der Waals surface area contributed by atoms with E-state index in [0.29, 0.717) is 11.7 Å². The summed E-state index contributed by atoms with van der Waals surface area (Å²) in [7, 11) is 1.61. The van der Waals surface area contributed by atoms with Gasteiger partial charge in [-0.25, -0.2) is 0 Å². The molecule has 7 nitrogen and oxygen atoms in total. The molecule has 26 heavy (non-hydrogen) atoms. The number of halogens is 1. The van der Waals surface area contributed by atoms with Gasteiger partial charge < -0.3 is 19.7 Å². The number of benzene rings is 1. The second kappa shape index (κ2) is 8.24. The molecule has 142 valence electrons. The number of nitrogens with one attached hydrogen (secondary N) is 1. The molecule has 0 spiro atoms. The van der Waals surface area contributed by atoms with Gasteiger partial charge in [0, 0.05) is 31.1 Å². The summed E-state index contributed by atoms with van der Waals surface area (Å²) < 4.78 is 7.66. The summed E-state index contributed by atoms with van der Waals surface area (Å²) in [4.78, 5) is 2.42. The molecule has 0 radical (unpaired) electrons. The Hall–Kier alpha value is -1.83. The molecule has 0 amide bonds. The fourth-order valence-electron chi connectivity index (χ4n) is 3.94. The summed E-state index contributed by atoms with van der Waals surface area (Å²) in [6, 6.07) is 5.56. The molecular formula is C18H26ClN5O2. The highest BCUT2D eigenvalue weighted by Gasteiger charge is 2.27. The summed E-state index contributed by atoms with van der Waals surface area (Å²) in [6.07, 6.45) is 2.18. The number of rotatable bonds is 4. The van der Waals surface area contributed by atoms with Crippen LogP contribution in [0.25, 0.3) is 0 Å². The Morgan fingerprint density at radius 1 is 1.23 bits per heavy atom. The number of aromatic nitrogens is 3. The summed E-state index contributed by atoms with van der Waals surface area (Å²) >= 11 is 0. The third kappa shape index (κ3) is 3.65. The van der Waals surface area contributed by atoms with Gasteiger partial charge in [-0.1, -0.05) is 12.1 Å². The SMILES string of the molecule is COc1c(O)cccc1CN1CCC(c2nnc3n2CCNC3)CC1.Cl. The molecule has 0 bridgehead atoms. The number of methoxy groups -OCH3 is 1. The quantitative estimate of drug-likeness (QED) is 0.845. The molecule has 1 aromatic carbocycles. The molecule has 8 heteroatoms. The van der Waals surface area contributed by atoms with Crippen LogP contribution in [0.5, 0.6) is 11.5 Å². The summed E-state index contributed by atoms with van der Waals surface area (Å²) in [6.45, 7) is 5.62. The molecule has 0 unspecified atom stereocenters. The van der Waals surface area contributed by atoms with Crippen LogP contribution >= 0.6 is 12.4 Å². The van der Waals surface area contributed by atoms with Crippen molar-refractivity contribution in [3.63, 3.8) is 0 Å². The smallest absolute Gasteiger partial charge is 0.164 e. The first-order chi connectivity index (χ1) is 12.3. The maximum atomic E-state index is 9.93. The first-order valence-corrected chi connectivity index (χ1v) is 8.96. The Morgan fingerprint density at radius 3 is 2.81 bits per heavy atom. The number of phenols is 1. The van der Waals surface area contributed by atoms with Gasteiger partial charge in [-0.15, -0.1) is 22.6 Å². The highest BCUT2D eigenvalue weighted by atomic mass is 35.5. The molecule has 1 aromatic heterocycles. The lowest BCUT2D eigenvalue weighted by Gasteiger charge is -2.32. The molecule has 0 aliphatic carbocycles. The monoisotopic (exact) mass is 379 g/mol. The van der Waals surface area contributed by atoms with Crippen molar-refractivity contribution in [3.05, 3.63) is 35.4 Å². The van der Waals surface area contributed by atoms with Crippen LogP contribution in [0.15, 0.2) is 18.2 Å². The van der Waals surface area contributed by atoms with Gasteiger partial charge >= 0.3 is 0 Å². The molecule has 4 rings (SSSR count). The molecule has 0 atom stereocenters. The predicted molar refractivity (Wildman–Crippen MR) is 101 cm³/mol. The van der Waals surface area contributed by atoms with Crippen molar-refractivity contribution in [2.24, 2.45) is 0 Å². The molecular weight excluding hydrogens is 354 g/mol. The van der Waals surface area contributed by atoms with Crippen molar-refractivity contribution in [3.8, 4) is 11.5 Å². The van der Waals surface area contributed by atoms with Crippen molar-refractivity contribution >= 4 is 12.4 Å². The predicted octanol–water partition coefficient (Wildman–Crippen LogP) is 1.90. The number of piperidine rings is 1. The van der Waals surface area contributed by atoms with E-state index in [1.165, 1.54) is 0 Å². The van der Waals surface area contributed by atoms with E-state index in [-0.39, 0.29) is 18.2 Å². The first-order valence-electron chi connectivity index (χ1n) is 8.96. The molecule has 2 aliphatic heterocycles. The molecule has 2 aliphatic rings. The van der Waals surface area contributed by atoms with E-state index in [9.17, 15) is 5.11 Å². The minimum Gasteiger partial charge on any atom is -0.504 e. The second-order valence-corrected chi connectivity index (χ2v) is 6.82. The third-order valence-corrected chi connectivity index (χ3v) is 5.28. The second-order valence-electron chi connectivity index (χ2n) is 6.82. The van der Waals surface area contributed by atoms with Crippen LogP contribution in [0.3, 0.4) is 0 Å². The van der Waals surface area contributed by atoms with E-state index in [0.717, 1.165) is 69.3 Å². The number of phenolic OH excluding ortho intramolecular Hbond substituents is 1. The first kappa shape index (κ1) is 18.9. The Labute approximate surface area is 159 Å². The Kier molecular flexibility index (Phi) is 6.01. The van der Waals surface area contributed by atoms with Gasteiger partial charge in [-0.3, -0.25) is 4.90 Å². The number of likely N-dealkylation sites (tertiary alicyclic amines) is 1. The number of aromatic hydroxyl groups is 1. The molecule has 0 saturated carbocycles. The van der Waals surface area contributed by atoms with Gasteiger partial charge in [0.25, 0.3) is 0 Å². The zero-order valence-electron chi connectivity index (χ0n) is 15.0. The maximum Gasteiger partial charge on any atom is 0.164 e. The number of para-hydroxylation sites is 1. The average Bonchev–Trinajstić information content (AvgIpc) is 3.07. The summed E-state index contributed by atoms with van der Waals surface area (Å²) in [5.41, 5.74) is 1.03. The van der Waals surface area contributed by atoms with Crippen molar-refractivity contribution in [2.45, 2.75) is 38.4 Å². The zero-order chi connectivity index (χ0) is 17.2. The van der Waals surface area contributed by atoms with Gasteiger partial charge in [0.2, 0.25) is 0 Å². The lowest BCUT2D eigenvalue weighted by atomic mass is 9.95. The molecule has 3 heterocycles. The largest absolute Gasteiger partial charge is 0.504 e.